The molecule has 0 saturated carbocycles. The van der Waals surface area contributed by atoms with Crippen molar-refractivity contribution in [3.8, 4) is 11.5 Å². The van der Waals surface area contributed by atoms with Crippen molar-refractivity contribution >= 4 is 5.69 Å². The summed E-state index contributed by atoms with van der Waals surface area (Å²) in [5.41, 5.74) is 7.79. The quantitative estimate of drug-likeness (QED) is 0.754. The summed E-state index contributed by atoms with van der Waals surface area (Å²) < 4.78 is 11.3. The van der Waals surface area contributed by atoms with E-state index in [0.717, 1.165) is 43.8 Å². The van der Waals surface area contributed by atoms with Crippen LogP contribution in [0.25, 0.3) is 0 Å². The largest absolute Gasteiger partial charge is 0.493 e. The Bertz CT molecular complexity index is 507. The predicted molar refractivity (Wildman–Crippen MR) is 93.1 cm³/mol. The van der Waals surface area contributed by atoms with Gasteiger partial charge in [0.05, 0.1) is 25.0 Å². The van der Waals surface area contributed by atoms with Gasteiger partial charge in [0.15, 0.2) is 0 Å². The summed E-state index contributed by atoms with van der Waals surface area (Å²) in [6.07, 6.45) is 1.33. The molecule has 1 aromatic rings. The zero-order valence-electron chi connectivity index (χ0n) is 14.5. The van der Waals surface area contributed by atoms with Crippen molar-refractivity contribution in [1.29, 1.82) is 0 Å². The molecule has 23 heavy (non-hydrogen) atoms. The van der Waals surface area contributed by atoms with Crippen LogP contribution in [0.4, 0.5) is 5.69 Å². The van der Waals surface area contributed by atoms with E-state index in [2.05, 4.69) is 11.8 Å². The van der Waals surface area contributed by atoms with Crippen LogP contribution in [0.2, 0.25) is 0 Å². The Balaban J connectivity index is 2.21. The first kappa shape index (κ1) is 17.9. The minimum Gasteiger partial charge on any atom is -0.493 e. The molecule has 1 aliphatic rings. The first-order valence-electron chi connectivity index (χ1n) is 8.67. The monoisotopic (exact) mass is 322 g/mol. The van der Waals surface area contributed by atoms with Gasteiger partial charge in [-0.1, -0.05) is 6.92 Å². The molecular formula is C18H30N2O3. The van der Waals surface area contributed by atoms with Gasteiger partial charge in [-0.05, 0) is 44.9 Å². The number of ether oxygens (including phenoxy) is 2. The number of nitrogen functional groups attached to an aromatic ring is 1. The molecule has 1 aliphatic heterocycles. The highest BCUT2D eigenvalue weighted by Crippen LogP contribution is 2.34. The smallest absolute Gasteiger partial charge is 0.145 e. The molecule has 5 heteroatoms. The van der Waals surface area contributed by atoms with Crippen LogP contribution in [0.3, 0.4) is 0 Å². The van der Waals surface area contributed by atoms with Crippen LogP contribution in [0.1, 0.15) is 32.8 Å². The second kappa shape index (κ2) is 8.41. The van der Waals surface area contributed by atoms with Crippen molar-refractivity contribution in [2.75, 3.05) is 38.6 Å². The number of nitrogens with zero attached hydrogens (tertiary/aromatic N) is 1. The Morgan fingerprint density at radius 1 is 1.17 bits per heavy atom. The lowest BCUT2D eigenvalue weighted by Gasteiger charge is -2.36. The number of rotatable bonds is 7. The van der Waals surface area contributed by atoms with Crippen molar-refractivity contribution in [3.05, 3.63) is 17.7 Å². The van der Waals surface area contributed by atoms with Gasteiger partial charge in [0.1, 0.15) is 11.5 Å². The summed E-state index contributed by atoms with van der Waals surface area (Å²) in [6, 6.07) is 3.82. The maximum Gasteiger partial charge on any atom is 0.145 e. The molecule has 0 bridgehead atoms. The van der Waals surface area contributed by atoms with Crippen LogP contribution in [0, 0.1) is 5.92 Å². The topological polar surface area (TPSA) is 68.0 Å². The third-order valence-corrected chi connectivity index (χ3v) is 4.50. The number of hydrogen-bond acceptors (Lipinski definition) is 5. The van der Waals surface area contributed by atoms with E-state index in [1.807, 2.05) is 26.0 Å². The third-order valence-electron chi connectivity index (χ3n) is 4.50. The van der Waals surface area contributed by atoms with Gasteiger partial charge in [0, 0.05) is 25.1 Å². The van der Waals surface area contributed by atoms with E-state index in [9.17, 15) is 5.11 Å². The van der Waals surface area contributed by atoms with Crippen LogP contribution in [0.15, 0.2) is 12.1 Å². The van der Waals surface area contributed by atoms with Gasteiger partial charge in [-0.15, -0.1) is 0 Å². The van der Waals surface area contributed by atoms with Gasteiger partial charge in [0.25, 0.3) is 0 Å². The number of hydrogen-bond donors (Lipinski definition) is 2. The minimum absolute atomic E-state index is 0.209. The van der Waals surface area contributed by atoms with Gasteiger partial charge in [-0.25, -0.2) is 0 Å². The average Bonchev–Trinajstić information content (AvgIpc) is 2.54. The molecule has 2 unspecified atom stereocenters. The number of benzene rings is 1. The molecule has 5 nitrogen and oxygen atoms in total. The summed E-state index contributed by atoms with van der Waals surface area (Å²) in [5.74, 6) is 1.69. The second-order valence-corrected chi connectivity index (χ2v) is 6.08. The first-order valence-corrected chi connectivity index (χ1v) is 8.67. The molecule has 1 heterocycles. The minimum atomic E-state index is -0.264. The van der Waals surface area contributed by atoms with Crippen LogP contribution in [-0.4, -0.2) is 49.0 Å². The first-order chi connectivity index (χ1) is 11.1. The molecule has 0 aromatic heterocycles. The van der Waals surface area contributed by atoms with Gasteiger partial charge in [-0.2, -0.15) is 0 Å². The molecule has 0 aliphatic carbocycles. The fraction of sp³-hybridized carbons (Fsp3) is 0.667. The Labute approximate surface area is 139 Å². The van der Waals surface area contributed by atoms with Gasteiger partial charge in [0.2, 0.25) is 0 Å². The maximum absolute atomic E-state index is 10.3. The van der Waals surface area contributed by atoms with Crippen LogP contribution < -0.4 is 15.2 Å². The van der Waals surface area contributed by atoms with E-state index in [1.54, 1.807) is 0 Å². The zero-order chi connectivity index (χ0) is 16.8. The molecule has 130 valence electrons. The van der Waals surface area contributed by atoms with E-state index in [0.29, 0.717) is 24.7 Å². The van der Waals surface area contributed by atoms with Crippen LogP contribution in [-0.2, 0) is 6.42 Å². The fourth-order valence-electron chi connectivity index (χ4n) is 3.22. The summed E-state index contributed by atoms with van der Waals surface area (Å²) in [5, 5.41) is 10.3. The molecule has 1 aromatic carbocycles. The predicted octanol–water partition coefficient (Wildman–Crippen LogP) is 2.31. The van der Waals surface area contributed by atoms with Crippen LogP contribution in [0.5, 0.6) is 11.5 Å². The molecule has 0 spiro atoms. The summed E-state index contributed by atoms with van der Waals surface area (Å²) >= 11 is 0. The van der Waals surface area contributed by atoms with E-state index >= 15 is 0 Å². The van der Waals surface area contributed by atoms with Crippen molar-refractivity contribution in [2.24, 2.45) is 5.92 Å². The lowest BCUT2D eigenvalue weighted by molar-refractivity contribution is 0.0287. The van der Waals surface area contributed by atoms with E-state index < -0.39 is 0 Å². The molecule has 1 fully saturated rings. The third kappa shape index (κ3) is 4.52. The summed E-state index contributed by atoms with van der Waals surface area (Å²) in [4.78, 5) is 2.38. The zero-order valence-corrected chi connectivity index (χ0v) is 14.5. The van der Waals surface area contributed by atoms with E-state index in [4.69, 9.17) is 15.2 Å². The Hall–Kier alpha value is -1.46. The molecule has 2 atom stereocenters. The van der Waals surface area contributed by atoms with E-state index in [-0.39, 0.29) is 12.0 Å². The Kier molecular flexibility index (Phi) is 6.54. The fourth-order valence-corrected chi connectivity index (χ4v) is 3.22. The molecule has 2 rings (SSSR count). The van der Waals surface area contributed by atoms with Gasteiger partial charge >= 0.3 is 0 Å². The number of aliphatic hydroxyl groups is 1. The second-order valence-electron chi connectivity index (χ2n) is 6.08. The number of anilines is 1. The Morgan fingerprint density at radius 2 is 1.87 bits per heavy atom. The number of nitrogens with two attached hydrogens (primary N) is 1. The highest BCUT2D eigenvalue weighted by molar-refractivity contribution is 5.59. The van der Waals surface area contributed by atoms with Crippen LogP contribution >= 0.6 is 0 Å². The van der Waals surface area contributed by atoms with Gasteiger partial charge < -0.3 is 25.2 Å². The van der Waals surface area contributed by atoms with E-state index in [1.165, 1.54) is 0 Å². The number of piperidine rings is 1. The van der Waals surface area contributed by atoms with Crippen molar-refractivity contribution < 1.29 is 14.6 Å². The van der Waals surface area contributed by atoms with Crippen molar-refractivity contribution in [2.45, 2.75) is 39.7 Å². The SMILES string of the molecule is CCOc1cc(OCC)c(CC2CN(CC)CCC2O)cc1N. The normalized spacial score (nSPS) is 22.1. The highest BCUT2D eigenvalue weighted by Gasteiger charge is 2.28. The standard InChI is InChI=1S/C18H30N2O3/c1-4-20-8-7-16(21)14(12-20)9-13-10-15(19)18(23-6-3)11-17(13)22-5-2/h10-11,14,16,21H,4-9,12,19H2,1-3H3. The summed E-state index contributed by atoms with van der Waals surface area (Å²) in [7, 11) is 0. The molecule has 3 N–H and O–H groups in total. The molecule has 0 radical (unpaired) electrons. The average molecular weight is 322 g/mol. The molecule has 1 saturated heterocycles. The highest BCUT2D eigenvalue weighted by atomic mass is 16.5. The van der Waals surface area contributed by atoms with Crippen molar-refractivity contribution in [1.82, 2.24) is 4.90 Å². The molecular weight excluding hydrogens is 292 g/mol. The maximum atomic E-state index is 10.3. The summed E-state index contributed by atoms with van der Waals surface area (Å²) in [6.45, 7) is 10.1. The number of aliphatic hydroxyl groups excluding tert-OH is 1. The lowest BCUT2D eigenvalue weighted by atomic mass is 9.88. The Morgan fingerprint density at radius 3 is 2.52 bits per heavy atom. The van der Waals surface area contributed by atoms with Gasteiger partial charge in [-0.3, -0.25) is 0 Å². The molecule has 0 amide bonds. The van der Waals surface area contributed by atoms with Crippen molar-refractivity contribution in [3.63, 3.8) is 0 Å². The lowest BCUT2D eigenvalue weighted by Crippen LogP contribution is -2.43. The number of likely N-dealkylation sites (tertiary alicyclic amines) is 1.